The summed E-state index contributed by atoms with van der Waals surface area (Å²) in [6, 6.07) is 15.6. The fourth-order valence-electron chi connectivity index (χ4n) is 2.93. The lowest BCUT2D eigenvalue weighted by Gasteiger charge is -2.12. The molecule has 4 aromatic rings. The Bertz CT molecular complexity index is 1190. The van der Waals surface area contributed by atoms with Crippen LogP contribution in [0.1, 0.15) is 11.3 Å². The number of nitrogens with one attached hydrogen (secondary N) is 1. The van der Waals surface area contributed by atoms with Gasteiger partial charge >= 0.3 is 6.18 Å². The summed E-state index contributed by atoms with van der Waals surface area (Å²) in [5.41, 5.74) is 1.45. The van der Waals surface area contributed by atoms with Crippen LogP contribution in [0.15, 0.2) is 71.3 Å². The van der Waals surface area contributed by atoms with Crippen molar-refractivity contribution in [1.82, 2.24) is 9.97 Å². The Morgan fingerprint density at radius 3 is 2.40 bits per heavy atom. The summed E-state index contributed by atoms with van der Waals surface area (Å²) in [4.78, 5) is 7.75. The van der Waals surface area contributed by atoms with Crippen molar-refractivity contribution < 1.29 is 22.0 Å². The van der Waals surface area contributed by atoms with Crippen LogP contribution in [-0.4, -0.2) is 9.97 Å². The first-order valence-electron chi connectivity index (χ1n) is 8.93. The molecule has 0 aliphatic rings. The Balaban J connectivity index is 1.70. The van der Waals surface area contributed by atoms with E-state index in [0.29, 0.717) is 11.3 Å². The average molecular weight is 413 g/mol. The van der Waals surface area contributed by atoms with Crippen molar-refractivity contribution in [3.63, 3.8) is 0 Å². The molecule has 4 nitrogen and oxygen atoms in total. The minimum Gasteiger partial charge on any atom is -0.463 e. The number of aryl methyl sites for hydroxylation is 1. The van der Waals surface area contributed by atoms with Crippen molar-refractivity contribution in [2.45, 2.75) is 13.1 Å². The van der Waals surface area contributed by atoms with Crippen molar-refractivity contribution in [1.29, 1.82) is 0 Å². The molecule has 0 aliphatic carbocycles. The fraction of sp³-hybridized carbons (Fsp3) is 0.0909. The van der Waals surface area contributed by atoms with Crippen LogP contribution in [0.2, 0.25) is 0 Å². The van der Waals surface area contributed by atoms with Gasteiger partial charge in [0.05, 0.1) is 6.26 Å². The molecule has 152 valence electrons. The van der Waals surface area contributed by atoms with E-state index in [9.17, 15) is 17.6 Å². The number of alkyl halides is 3. The van der Waals surface area contributed by atoms with Crippen LogP contribution in [0.5, 0.6) is 0 Å². The average Bonchev–Trinajstić information content (AvgIpc) is 3.24. The van der Waals surface area contributed by atoms with Crippen molar-refractivity contribution in [3.05, 3.63) is 84.0 Å². The predicted molar refractivity (Wildman–Crippen MR) is 105 cm³/mol. The molecule has 0 atom stereocenters. The van der Waals surface area contributed by atoms with Crippen LogP contribution in [0, 0.1) is 12.7 Å². The first-order valence-corrected chi connectivity index (χ1v) is 8.93. The molecule has 0 saturated carbocycles. The van der Waals surface area contributed by atoms with Crippen LogP contribution in [0.25, 0.3) is 22.6 Å². The van der Waals surface area contributed by atoms with E-state index < -0.39 is 11.9 Å². The summed E-state index contributed by atoms with van der Waals surface area (Å²) in [6.45, 7) is 1.66. The van der Waals surface area contributed by atoms with E-state index >= 15 is 0 Å². The largest absolute Gasteiger partial charge is 0.463 e. The maximum atomic E-state index is 13.5. The molecule has 0 amide bonds. The second-order valence-corrected chi connectivity index (χ2v) is 6.61. The van der Waals surface area contributed by atoms with E-state index in [4.69, 9.17) is 4.42 Å². The third-order valence-corrected chi connectivity index (χ3v) is 4.40. The van der Waals surface area contributed by atoms with Gasteiger partial charge in [-0.25, -0.2) is 14.4 Å². The molecule has 2 aromatic heterocycles. The first kappa shape index (κ1) is 19.6. The summed E-state index contributed by atoms with van der Waals surface area (Å²) in [5.74, 6) is -0.332. The van der Waals surface area contributed by atoms with Gasteiger partial charge in [0.1, 0.15) is 11.5 Å². The molecular formula is C22H15F4N3O. The molecule has 1 N–H and O–H groups in total. The van der Waals surface area contributed by atoms with Gasteiger partial charge in [-0.1, -0.05) is 18.2 Å². The van der Waals surface area contributed by atoms with Crippen LogP contribution in [0.3, 0.4) is 0 Å². The number of furan rings is 1. The second-order valence-electron chi connectivity index (χ2n) is 6.61. The highest BCUT2D eigenvalue weighted by molar-refractivity contribution is 5.70. The highest BCUT2D eigenvalue weighted by atomic mass is 19.4. The number of hydrogen-bond donors (Lipinski definition) is 1. The monoisotopic (exact) mass is 413 g/mol. The van der Waals surface area contributed by atoms with Gasteiger partial charge in [0.15, 0.2) is 11.5 Å². The van der Waals surface area contributed by atoms with E-state index in [1.165, 1.54) is 18.4 Å². The summed E-state index contributed by atoms with van der Waals surface area (Å²) >= 11 is 0. The molecule has 30 heavy (non-hydrogen) atoms. The zero-order chi connectivity index (χ0) is 21.3. The van der Waals surface area contributed by atoms with E-state index in [1.54, 1.807) is 43.3 Å². The van der Waals surface area contributed by atoms with Gasteiger partial charge in [0.2, 0.25) is 5.95 Å². The lowest BCUT2D eigenvalue weighted by atomic mass is 10.0. The van der Waals surface area contributed by atoms with Crippen molar-refractivity contribution >= 4 is 11.6 Å². The Labute approximate surface area is 169 Å². The minimum atomic E-state index is -4.64. The standard InChI is InChI=1S/C22H15F4N3O/c1-13-10-15(7-8-17(13)23)14-4-2-5-16(11-14)27-21-28-18(19-6-3-9-30-19)12-20(29-21)22(24,25)26/h2-12H,1H3,(H,27,28,29). The lowest BCUT2D eigenvalue weighted by Crippen LogP contribution is -2.11. The van der Waals surface area contributed by atoms with E-state index in [0.717, 1.165) is 17.2 Å². The topological polar surface area (TPSA) is 51.0 Å². The molecule has 8 heteroatoms. The molecule has 0 fully saturated rings. The summed E-state index contributed by atoms with van der Waals surface area (Å²) in [6.07, 6.45) is -3.29. The third kappa shape index (κ3) is 4.17. The number of nitrogens with zero attached hydrogens (tertiary/aromatic N) is 2. The van der Waals surface area contributed by atoms with Gasteiger partial charge in [0.25, 0.3) is 0 Å². The number of rotatable bonds is 4. The normalized spacial score (nSPS) is 11.5. The smallest absolute Gasteiger partial charge is 0.433 e. The van der Waals surface area contributed by atoms with Crippen LogP contribution < -0.4 is 5.32 Å². The Kier molecular flexibility index (Phi) is 4.99. The Morgan fingerprint density at radius 1 is 0.900 bits per heavy atom. The molecule has 4 rings (SSSR count). The Morgan fingerprint density at radius 2 is 1.70 bits per heavy atom. The SMILES string of the molecule is Cc1cc(-c2cccc(Nc3nc(-c4ccco4)cc(C(F)(F)F)n3)c2)ccc1F. The molecule has 0 unspecified atom stereocenters. The predicted octanol–water partition coefficient (Wildman–Crippen LogP) is 6.61. The third-order valence-electron chi connectivity index (χ3n) is 4.40. The van der Waals surface area contributed by atoms with Gasteiger partial charge < -0.3 is 9.73 Å². The summed E-state index contributed by atoms with van der Waals surface area (Å²) in [5, 5.41) is 2.82. The molecule has 0 spiro atoms. The van der Waals surface area contributed by atoms with Crippen molar-refractivity contribution in [2.75, 3.05) is 5.32 Å². The molecule has 0 bridgehead atoms. The van der Waals surface area contributed by atoms with Crippen molar-refractivity contribution in [2.24, 2.45) is 0 Å². The van der Waals surface area contributed by atoms with Gasteiger partial charge in [-0.05, 0) is 66.1 Å². The molecular weight excluding hydrogens is 398 g/mol. The summed E-state index contributed by atoms with van der Waals surface area (Å²) in [7, 11) is 0. The van der Waals surface area contributed by atoms with Crippen molar-refractivity contribution in [3.8, 4) is 22.6 Å². The van der Waals surface area contributed by atoms with Gasteiger partial charge in [-0.2, -0.15) is 13.2 Å². The lowest BCUT2D eigenvalue weighted by molar-refractivity contribution is -0.141. The Hall–Kier alpha value is -3.68. The highest BCUT2D eigenvalue weighted by Gasteiger charge is 2.34. The van der Waals surface area contributed by atoms with Crippen LogP contribution in [-0.2, 0) is 6.18 Å². The first-order chi connectivity index (χ1) is 14.3. The fourth-order valence-corrected chi connectivity index (χ4v) is 2.93. The van der Waals surface area contributed by atoms with Crippen LogP contribution in [0.4, 0.5) is 29.2 Å². The van der Waals surface area contributed by atoms with E-state index in [2.05, 4.69) is 15.3 Å². The summed E-state index contributed by atoms with van der Waals surface area (Å²) < 4.78 is 58.6. The van der Waals surface area contributed by atoms with Crippen LogP contribution >= 0.6 is 0 Å². The zero-order valence-corrected chi connectivity index (χ0v) is 15.7. The zero-order valence-electron chi connectivity index (χ0n) is 15.7. The van der Waals surface area contributed by atoms with Gasteiger partial charge in [-0.15, -0.1) is 0 Å². The number of hydrogen-bond acceptors (Lipinski definition) is 4. The van der Waals surface area contributed by atoms with E-state index in [1.807, 2.05) is 6.07 Å². The molecule has 2 heterocycles. The number of benzene rings is 2. The van der Waals surface area contributed by atoms with Gasteiger partial charge in [0, 0.05) is 5.69 Å². The number of halogens is 4. The molecule has 0 saturated heterocycles. The second kappa shape index (κ2) is 7.62. The van der Waals surface area contributed by atoms with Gasteiger partial charge in [-0.3, -0.25) is 0 Å². The highest BCUT2D eigenvalue weighted by Crippen LogP contribution is 2.32. The van der Waals surface area contributed by atoms with E-state index in [-0.39, 0.29) is 23.2 Å². The maximum Gasteiger partial charge on any atom is 0.433 e. The maximum absolute atomic E-state index is 13.5. The number of aromatic nitrogens is 2. The minimum absolute atomic E-state index is 0.00939. The molecule has 0 aliphatic heterocycles. The molecule has 2 aromatic carbocycles. The quantitative estimate of drug-likeness (QED) is 0.382. The molecule has 0 radical (unpaired) electrons. The number of anilines is 2.